The molecule has 2 aliphatic rings. The molecule has 0 bridgehead atoms. The molecule has 1 fully saturated rings. The summed E-state index contributed by atoms with van der Waals surface area (Å²) in [6.45, 7) is 29.9. The summed E-state index contributed by atoms with van der Waals surface area (Å²) in [6.07, 6.45) is 8.56. The molecular formula is C55H70N2. The fourth-order valence-corrected chi connectivity index (χ4v) is 7.44. The molecule has 2 atom stereocenters. The van der Waals surface area contributed by atoms with E-state index in [0.717, 1.165) is 11.4 Å². The molecule has 1 saturated carbocycles. The molecule has 0 radical (unpaired) electrons. The quantitative estimate of drug-likeness (QED) is 0.123. The van der Waals surface area contributed by atoms with E-state index in [9.17, 15) is 0 Å². The molecule has 6 aromatic carbocycles. The Kier molecular flexibility index (Phi) is 15.6. The van der Waals surface area contributed by atoms with Crippen LogP contribution < -0.4 is 9.80 Å². The number of allylic oxidation sites excluding steroid dienone is 3. The molecule has 0 aliphatic heterocycles. The zero-order valence-electron chi connectivity index (χ0n) is 37.6. The lowest BCUT2D eigenvalue weighted by Crippen LogP contribution is -2.19. The van der Waals surface area contributed by atoms with Gasteiger partial charge in [0.05, 0.1) is 11.4 Å². The highest BCUT2D eigenvalue weighted by Gasteiger charge is 2.37. The van der Waals surface area contributed by atoms with E-state index in [1.54, 1.807) is 0 Å². The molecule has 0 aromatic heterocycles. The first-order chi connectivity index (χ1) is 27.6. The maximum atomic E-state index is 2.54. The molecular weight excluding hydrogens is 689 g/mol. The van der Waals surface area contributed by atoms with Crippen LogP contribution in [-0.4, -0.2) is 0 Å². The minimum absolute atomic E-state index is 0.0158. The summed E-state index contributed by atoms with van der Waals surface area (Å²) < 4.78 is 0. The Bertz CT molecular complexity index is 2180. The lowest BCUT2D eigenvalue weighted by atomic mass is 9.82. The minimum atomic E-state index is -0.0181. The van der Waals surface area contributed by atoms with E-state index in [1.165, 1.54) is 61.9 Å². The van der Waals surface area contributed by atoms with Gasteiger partial charge in [0.2, 0.25) is 0 Å². The lowest BCUT2D eigenvalue weighted by Gasteiger charge is -2.34. The third-order valence-corrected chi connectivity index (χ3v) is 10.3. The van der Waals surface area contributed by atoms with E-state index < -0.39 is 0 Å². The van der Waals surface area contributed by atoms with Crippen molar-refractivity contribution >= 4 is 50.0 Å². The van der Waals surface area contributed by atoms with Crippen molar-refractivity contribution in [1.29, 1.82) is 0 Å². The number of hydrogen-bond acceptors (Lipinski definition) is 2. The predicted octanol–water partition coefficient (Wildman–Crippen LogP) is 17.4. The van der Waals surface area contributed by atoms with Crippen molar-refractivity contribution in [2.24, 2.45) is 11.8 Å². The lowest BCUT2D eigenvalue weighted by molar-refractivity contribution is 0.590. The zero-order chi connectivity index (χ0) is 41.9. The van der Waals surface area contributed by atoms with Gasteiger partial charge in [0, 0.05) is 44.3 Å². The number of hydrogen-bond donors (Lipinski definition) is 0. The second-order valence-electron chi connectivity index (χ2n) is 15.9. The number of para-hydroxylation sites is 3. The average molecular weight is 759 g/mol. The van der Waals surface area contributed by atoms with Crippen LogP contribution in [0.15, 0.2) is 151 Å². The Labute approximate surface area is 347 Å². The van der Waals surface area contributed by atoms with Gasteiger partial charge >= 0.3 is 0 Å². The average Bonchev–Trinajstić information content (AvgIpc) is 4.04. The Morgan fingerprint density at radius 1 is 0.421 bits per heavy atom. The third-order valence-electron chi connectivity index (χ3n) is 10.3. The Hall–Kier alpha value is -5.08. The summed E-state index contributed by atoms with van der Waals surface area (Å²) in [5.41, 5.74) is 9.78. The monoisotopic (exact) mass is 759 g/mol. The van der Waals surface area contributed by atoms with Crippen LogP contribution in [0.4, 0.5) is 28.4 Å². The highest BCUT2D eigenvalue weighted by molar-refractivity contribution is 6.23. The molecule has 2 heteroatoms. The van der Waals surface area contributed by atoms with E-state index in [2.05, 4.69) is 197 Å². The third kappa shape index (κ3) is 9.73. The highest BCUT2D eigenvalue weighted by Crippen LogP contribution is 2.53. The van der Waals surface area contributed by atoms with E-state index in [-0.39, 0.29) is 10.8 Å². The minimum Gasteiger partial charge on any atom is -0.310 e. The van der Waals surface area contributed by atoms with E-state index in [1.807, 2.05) is 55.4 Å². The topological polar surface area (TPSA) is 6.48 Å². The number of fused-ring (bicyclic) bond motifs is 3. The van der Waals surface area contributed by atoms with Gasteiger partial charge in [-0.05, 0) is 94.8 Å². The van der Waals surface area contributed by atoms with Crippen LogP contribution in [0.1, 0.15) is 114 Å². The summed E-state index contributed by atoms with van der Waals surface area (Å²) in [4.78, 5) is 5.01. The molecule has 2 unspecified atom stereocenters. The molecule has 0 heterocycles. The van der Waals surface area contributed by atoms with Crippen LogP contribution in [0.2, 0.25) is 0 Å². The molecule has 300 valence electrons. The molecule has 2 aliphatic carbocycles. The first kappa shape index (κ1) is 44.6. The van der Waals surface area contributed by atoms with Crippen molar-refractivity contribution in [1.82, 2.24) is 0 Å². The largest absolute Gasteiger partial charge is 0.310 e. The van der Waals surface area contributed by atoms with Gasteiger partial charge in [-0.25, -0.2) is 0 Å². The molecule has 6 aromatic rings. The van der Waals surface area contributed by atoms with Gasteiger partial charge in [-0.15, -0.1) is 0 Å². The van der Waals surface area contributed by atoms with Gasteiger partial charge in [0.15, 0.2) is 0 Å². The van der Waals surface area contributed by atoms with E-state index in [4.69, 9.17) is 0 Å². The highest BCUT2D eigenvalue weighted by atomic mass is 15.2. The van der Waals surface area contributed by atoms with Gasteiger partial charge < -0.3 is 9.80 Å². The Morgan fingerprint density at radius 2 is 0.789 bits per heavy atom. The van der Waals surface area contributed by atoms with Crippen molar-refractivity contribution in [3.63, 3.8) is 0 Å². The van der Waals surface area contributed by atoms with Gasteiger partial charge in [0.1, 0.15) is 0 Å². The Balaban J connectivity index is 0.000000849. The number of benzene rings is 6. The number of rotatable bonds is 6. The SMILES string of the molecule is CC.CC.CC.CC.CC(C)(C)c1ccc2c(N(c3ccccc3)c3ccccc3)c3cc(C(C)(C)C)ccc3c(N(C3=CC4CC4C=C3)c3ccccc3)c2c1. The first-order valence-corrected chi connectivity index (χ1v) is 21.8. The van der Waals surface area contributed by atoms with E-state index >= 15 is 0 Å². The number of anilines is 5. The predicted molar refractivity (Wildman–Crippen MR) is 256 cm³/mol. The second-order valence-corrected chi connectivity index (χ2v) is 15.9. The Morgan fingerprint density at radius 3 is 1.16 bits per heavy atom. The van der Waals surface area contributed by atoms with Gasteiger partial charge in [0.25, 0.3) is 0 Å². The standard InChI is InChI=1S/C47H46N2.4C2H6/c1-46(2,3)34-24-27-41-42(30-34)44(48(36-16-10-7-11-17-36)37-18-12-8-13-19-37)40-26-23-35(47(4,5)6)31-43(40)45(41)49(38-20-14-9-15-21-38)39-25-22-32-28-33(32)29-39;4*1-2/h7-27,29-33H,28H2,1-6H3;4*1-2H3. The molecule has 57 heavy (non-hydrogen) atoms. The van der Waals surface area contributed by atoms with Gasteiger partial charge in [-0.2, -0.15) is 0 Å². The number of nitrogens with zero attached hydrogens (tertiary/aromatic N) is 2. The van der Waals surface area contributed by atoms with Crippen LogP contribution in [-0.2, 0) is 10.8 Å². The van der Waals surface area contributed by atoms with Crippen LogP contribution in [0.25, 0.3) is 21.5 Å². The maximum Gasteiger partial charge on any atom is 0.0620 e. The van der Waals surface area contributed by atoms with Gasteiger partial charge in [-0.1, -0.05) is 188 Å². The molecule has 8 rings (SSSR count). The summed E-state index contributed by atoms with van der Waals surface area (Å²) >= 11 is 0. The summed E-state index contributed by atoms with van der Waals surface area (Å²) in [7, 11) is 0. The molecule has 2 nitrogen and oxygen atoms in total. The first-order valence-electron chi connectivity index (χ1n) is 21.8. The second kappa shape index (κ2) is 19.9. The maximum absolute atomic E-state index is 2.54. The summed E-state index contributed by atoms with van der Waals surface area (Å²) in [5.74, 6) is 1.30. The van der Waals surface area contributed by atoms with Crippen molar-refractivity contribution < 1.29 is 0 Å². The fraction of sp³-hybridized carbons (Fsp3) is 0.345. The fourth-order valence-electron chi connectivity index (χ4n) is 7.44. The zero-order valence-corrected chi connectivity index (χ0v) is 37.6. The van der Waals surface area contributed by atoms with E-state index in [0.29, 0.717) is 11.8 Å². The van der Waals surface area contributed by atoms with Crippen LogP contribution in [0, 0.1) is 11.8 Å². The van der Waals surface area contributed by atoms with Crippen molar-refractivity contribution in [3.05, 3.63) is 162 Å². The van der Waals surface area contributed by atoms with Gasteiger partial charge in [-0.3, -0.25) is 0 Å². The molecule has 0 amide bonds. The molecule has 0 spiro atoms. The van der Waals surface area contributed by atoms with Crippen molar-refractivity contribution in [2.75, 3.05) is 9.80 Å². The summed E-state index contributed by atoms with van der Waals surface area (Å²) in [5, 5.41) is 4.98. The van der Waals surface area contributed by atoms with Crippen LogP contribution >= 0.6 is 0 Å². The van der Waals surface area contributed by atoms with Crippen LogP contribution in [0.5, 0.6) is 0 Å². The van der Waals surface area contributed by atoms with Crippen molar-refractivity contribution in [3.8, 4) is 0 Å². The smallest absolute Gasteiger partial charge is 0.0620 e. The normalized spacial score (nSPS) is 15.2. The molecule has 0 saturated heterocycles. The van der Waals surface area contributed by atoms with Crippen LogP contribution in [0.3, 0.4) is 0 Å². The summed E-state index contributed by atoms with van der Waals surface area (Å²) in [6, 6.07) is 47.1. The molecule has 0 N–H and O–H groups in total. The van der Waals surface area contributed by atoms with Crippen molar-refractivity contribution in [2.45, 2.75) is 114 Å².